The lowest BCUT2D eigenvalue weighted by atomic mass is 10.2. The minimum absolute atomic E-state index is 0.261. The number of anilines is 1. The fraction of sp³-hybridized carbons (Fsp3) is 0.300. The van der Waals surface area contributed by atoms with Gasteiger partial charge in [0.1, 0.15) is 0 Å². The molecule has 1 atom stereocenters. The number of amides is 1. The zero-order valence-corrected chi connectivity index (χ0v) is 10.2. The Bertz CT molecular complexity index is 532. The zero-order valence-electron chi connectivity index (χ0n) is 9.39. The molecule has 0 aliphatic rings. The van der Waals surface area contributed by atoms with Crippen molar-refractivity contribution in [1.29, 1.82) is 0 Å². The van der Waals surface area contributed by atoms with Crippen LogP contribution in [0.15, 0.2) is 11.6 Å². The smallest absolute Gasteiger partial charge is 0.260 e. The van der Waals surface area contributed by atoms with E-state index in [1.165, 1.54) is 17.5 Å². The van der Waals surface area contributed by atoms with Crippen molar-refractivity contribution in [3.8, 4) is 0 Å². The first kappa shape index (κ1) is 11.7. The van der Waals surface area contributed by atoms with E-state index in [4.69, 9.17) is 0 Å². The molecule has 3 N–H and O–H groups in total. The van der Waals surface area contributed by atoms with Gasteiger partial charge in [0.25, 0.3) is 5.91 Å². The van der Waals surface area contributed by atoms with Crippen LogP contribution in [0.3, 0.4) is 0 Å². The number of carbonyl (C=O) groups is 1. The predicted octanol–water partition coefficient (Wildman–Crippen LogP) is 1.48. The molecule has 0 fully saturated rings. The van der Waals surface area contributed by atoms with E-state index in [1.807, 2.05) is 0 Å². The van der Waals surface area contributed by atoms with Crippen molar-refractivity contribution in [2.45, 2.75) is 20.0 Å². The number of nitrogens with one attached hydrogen (secondary N) is 2. The van der Waals surface area contributed by atoms with Gasteiger partial charge in [-0.3, -0.25) is 15.2 Å². The number of aryl methyl sites for hydroxylation is 1. The lowest BCUT2D eigenvalue weighted by Crippen LogP contribution is -2.12. The summed E-state index contributed by atoms with van der Waals surface area (Å²) < 4.78 is 0. The van der Waals surface area contributed by atoms with Gasteiger partial charge in [-0.15, -0.1) is 11.3 Å². The molecule has 0 spiro atoms. The molecule has 0 radical (unpaired) electrons. The highest BCUT2D eigenvalue weighted by Crippen LogP contribution is 2.20. The number of nitrogens with zero attached hydrogens (tertiary/aromatic N) is 2. The fourth-order valence-electron chi connectivity index (χ4n) is 1.28. The number of H-pyrrole nitrogens is 1. The SMILES string of the molecule is Cc1[nH]ncc1C(=O)Nc1nc(C(C)O)cs1. The lowest BCUT2D eigenvalue weighted by Gasteiger charge is -2.00. The van der Waals surface area contributed by atoms with Gasteiger partial charge in [0.05, 0.1) is 23.6 Å². The third-order valence-electron chi connectivity index (χ3n) is 2.24. The second kappa shape index (κ2) is 4.64. The Labute approximate surface area is 102 Å². The van der Waals surface area contributed by atoms with Gasteiger partial charge in [0.2, 0.25) is 0 Å². The minimum Gasteiger partial charge on any atom is -0.387 e. The lowest BCUT2D eigenvalue weighted by molar-refractivity contribution is 0.102. The molecule has 0 bridgehead atoms. The van der Waals surface area contributed by atoms with Crippen LogP contribution in [0.5, 0.6) is 0 Å². The topological polar surface area (TPSA) is 90.9 Å². The highest BCUT2D eigenvalue weighted by molar-refractivity contribution is 7.14. The molecule has 0 aliphatic carbocycles. The Kier molecular flexibility index (Phi) is 3.21. The average molecular weight is 252 g/mol. The van der Waals surface area contributed by atoms with Crippen LogP contribution in [0.2, 0.25) is 0 Å². The largest absolute Gasteiger partial charge is 0.387 e. The highest BCUT2D eigenvalue weighted by atomic mass is 32.1. The minimum atomic E-state index is -0.632. The van der Waals surface area contributed by atoms with Crippen LogP contribution in [-0.2, 0) is 0 Å². The van der Waals surface area contributed by atoms with Crippen LogP contribution in [0.25, 0.3) is 0 Å². The Morgan fingerprint density at radius 1 is 1.65 bits per heavy atom. The molecule has 2 heterocycles. The van der Waals surface area contributed by atoms with Crippen LogP contribution in [-0.4, -0.2) is 26.2 Å². The maximum atomic E-state index is 11.8. The molecule has 7 heteroatoms. The van der Waals surface area contributed by atoms with Gasteiger partial charge in [0, 0.05) is 11.1 Å². The third-order valence-corrected chi connectivity index (χ3v) is 3.02. The molecule has 17 heavy (non-hydrogen) atoms. The number of aromatic amines is 1. The molecule has 1 amide bonds. The number of aromatic nitrogens is 3. The van der Waals surface area contributed by atoms with E-state index in [0.717, 1.165) is 0 Å². The molecular weight excluding hydrogens is 240 g/mol. The maximum Gasteiger partial charge on any atom is 0.260 e. The Morgan fingerprint density at radius 2 is 2.41 bits per heavy atom. The molecule has 0 aromatic carbocycles. The van der Waals surface area contributed by atoms with Gasteiger partial charge in [-0.1, -0.05) is 0 Å². The Morgan fingerprint density at radius 3 is 2.94 bits per heavy atom. The Balaban J connectivity index is 2.11. The average Bonchev–Trinajstić information content (AvgIpc) is 2.86. The number of aliphatic hydroxyl groups excluding tert-OH is 1. The van der Waals surface area contributed by atoms with Crippen molar-refractivity contribution in [3.05, 3.63) is 28.5 Å². The Hall–Kier alpha value is -1.73. The molecular formula is C10H12N4O2S. The second-order valence-electron chi connectivity index (χ2n) is 3.62. The predicted molar refractivity (Wildman–Crippen MR) is 64.0 cm³/mol. The van der Waals surface area contributed by atoms with Crippen LogP contribution >= 0.6 is 11.3 Å². The summed E-state index contributed by atoms with van der Waals surface area (Å²) in [5, 5.41) is 20.6. The van der Waals surface area contributed by atoms with Crippen molar-refractivity contribution in [2.24, 2.45) is 0 Å². The first-order valence-corrected chi connectivity index (χ1v) is 5.90. The van der Waals surface area contributed by atoms with Crippen molar-refractivity contribution < 1.29 is 9.90 Å². The van der Waals surface area contributed by atoms with Crippen LogP contribution in [0.1, 0.15) is 34.8 Å². The van der Waals surface area contributed by atoms with E-state index >= 15 is 0 Å². The van der Waals surface area contributed by atoms with Gasteiger partial charge >= 0.3 is 0 Å². The van der Waals surface area contributed by atoms with E-state index in [9.17, 15) is 9.90 Å². The summed E-state index contributed by atoms with van der Waals surface area (Å²) in [6.45, 7) is 3.39. The first-order valence-electron chi connectivity index (χ1n) is 5.02. The van der Waals surface area contributed by atoms with Crippen molar-refractivity contribution >= 4 is 22.4 Å². The molecule has 0 saturated carbocycles. The van der Waals surface area contributed by atoms with E-state index < -0.39 is 6.10 Å². The van der Waals surface area contributed by atoms with Gasteiger partial charge in [-0.25, -0.2) is 4.98 Å². The van der Waals surface area contributed by atoms with Crippen LogP contribution < -0.4 is 5.32 Å². The summed E-state index contributed by atoms with van der Waals surface area (Å²) in [7, 11) is 0. The van der Waals surface area contributed by atoms with Crippen LogP contribution in [0.4, 0.5) is 5.13 Å². The molecule has 0 saturated heterocycles. The summed E-state index contributed by atoms with van der Waals surface area (Å²) in [5.41, 5.74) is 1.74. The number of aliphatic hydroxyl groups is 1. The van der Waals surface area contributed by atoms with Crippen molar-refractivity contribution in [2.75, 3.05) is 5.32 Å². The summed E-state index contributed by atoms with van der Waals surface area (Å²) in [5.74, 6) is -0.261. The van der Waals surface area contributed by atoms with Gasteiger partial charge in [-0.05, 0) is 13.8 Å². The van der Waals surface area contributed by atoms with Gasteiger partial charge in [0.15, 0.2) is 5.13 Å². The number of hydrogen-bond acceptors (Lipinski definition) is 5. The second-order valence-corrected chi connectivity index (χ2v) is 4.47. The normalized spacial score (nSPS) is 12.4. The van der Waals surface area contributed by atoms with E-state index in [1.54, 1.807) is 19.2 Å². The van der Waals surface area contributed by atoms with Gasteiger partial charge < -0.3 is 5.11 Å². The monoisotopic (exact) mass is 252 g/mol. The van der Waals surface area contributed by atoms with Gasteiger partial charge in [-0.2, -0.15) is 5.10 Å². The molecule has 0 aliphatic heterocycles. The number of rotatable bonds is 3. The summed E-state index contributed by atoms with van der Waals surface area (Å²) in [6.07, 6.45) is 0.834. The van der Waals surface area contributed by atoms with Crippen molar-refractivity contribution in [1.82, 2.24) is 15.2 Å². The molecule has 90 valence electrons. The molecule has 2 rings (SSSR count). The summed E-state index contributed by atoms with van der Waals surface area (Å²) >= 11 is 1.28. The first-order chi connectivity index (χ1) is 8.08. The maximum absolute atomic E-state index is 11.8. The number of carbonyl (C=O) groups excluding carboxylic acids is 1. The fourth-order valence-corrected chi connectivity index (χ4v) is 2.07. The third kappa shape index (κ3) is 2.51. The molecule has 2 aromatic heterocycles. The van der Waals surface area contributed by atoms with E-state index in [-0.39, 0.29) is 5.91 Å². The standard InChI is InChI=1S/C10H12N4O2S/c1-5-7(3-11-14-5)9(16)13-10-12-8(4-17-10)6(2)15/h3-4,6,15H,1-2H3,(H,11,14)(H,12,13,16). The van der Waals surface area contributed by atoms with E-state index in [0.29, 0.717) is 22.1 Å². The van der Waals surface area contributed by atoms with Crippen LogP contribution in [0, 0.1) is 6.92 Å². The highest BCUT2D eigenvalue weighted by Gasteiger charge is 2.13. The van der Waals surface area contributed by atoms with E-state index in [2.05, 4.69) is 20.5 Å². The summed E-state index contributed by atoms with van der Waals surface area (Å²) in [4.78, 5) is 15.9. The quantitative estimate of drug-likeness (QED) is 0.771. The summed E-state index contributed by atoms with van der Waals surface area (Å²) in [6, 6.07) is 0. The molecule has 6 nitrogen and oxygen atoms in total. The zero-order chi connectivity index (χ0) is 12.4. The van der Waals surface area contributed by atoms with Crippen molar-refractivity contribution in [3.63, 3.8) is 0 Å². The molecule has 1 unspecified atom stereocenters. The number of thiazole rings is 1. The number of hydrogen-bond donors (Lipinski definition) is 3. The molecule has 2 aromatic rings.